The molecule has 1 aromatic heterocycles. The molecular formula is C11H19N3O. The van der Waals surface area contributed by atoms with Crippen LogP contribution in [0.15, 0.2) is 12.3 Å². The number of rotatable bonds is 3. The van der Waals surface area contributed by atoms with Gasteiger partial charge < -0.3 is 10.1 Å². The predicted octanol–water partition coefficient (Wildman–Crippen LogP) is 1.08. The molecule has 0 spiro atoms. The molecule has 1 aliphatic rings. The van der Waals surface area contributed by atoms with Crippen LogP contribution in [0, 0.1) is 0 Å². The smallest absolute Gasteiger partial charge is 0.0762 e. The summed E-state index contributed by atoms with van der Waals surface area (Å²) < 4.78 is 7.40. The average Bonchev–Trinajstić information content (AvgIpc) is 2.73. The standard InChI is InChI=1S/C11H19N3O/c1-9-11(2,5-7-15-9)12-8-10-4-6-14(3)13-10/h4,6,9,12H,5,7-8H2,1-3H3. The van der Waals surface area contributed by atoms with Gasteiger partial charge in [-0.3, -0.25) is 4.68 Å². The summed E-state index contributed by atoms with van der Waals surface area (Å²) in [5.41, 5.74) is 1.18. The largest absolute Gasteiger partial charge is 0.377 e. The van der Waals surface area contributed by atoms with Gasteiger partial charge in [0, 0.05) is 31.9 Å². The van der Waals surface area contributed by atoms with Gasteiger partial charge >= 0.3 is 0 Å². The Morgan fingerprint density at radius 2 is 2.53 bits per heavy atom. The van der Waals surface area contributed by atoms with Crippen molar-refractivity contribution in [2.75, 3.05) is 6.61 Å². The lowest BCUT2D eigenvalue weighted by molar-refractivity contribution is 0.0880. The molecule has 1 N–H and O–H groups in total. The zero-order valence-corrected chi connectivity index (χ0v) is 9.66. The van der Waals surface area contributed by atoms with Gasteiger partial charge in [0.15, 0.2) is 0 Å². The van der Waals surface area contributed by atoms with Crippen LogP contribution in [0.25, 0.3) is 0 Å². The Kier molecular flexibility index (Phi) is 2.80. The zero-order valence-electron chi connectivity index (χ0n) is 9.66. The predicted molar refractivity (Wildman–Crippen MR) is 58.5 cm³/mol. The van der Waals surface area contributed by atoms with Crippen LogP contribution in [-0.2, 0) is 18.3 Å². The topological polar surface area (TPSA) is 39.1 Å². The molecule has 2 heterocycles. The van der Waals surface area contributed by atoms with Crippen molar-refractivity contribution in [1.82, 2.24) is 15.1 Å². The first-order chi connectivity index (χ1) is 7.10. The Hall–Kier alpha value is -0.870. The summed E-state index contributed by atoms with van der Waals surface area (Å²) in [5.74, 6) is 0. The van der Waals surface area contributed by atoms with Crippen molar-refractivity contribution in [3.8, 4) is 0 Å². The minimum atomic E-state index is 0.0948. The van der Waals surface area contributed by atoms with Gasteiger partial charge in [-0.2, -0.15) is 5.10 Å². The number of aryl methyl sites for hydroxylation is 1. The van der Waals surface area contributed by atoms with E-state index in [-0.39, 0.29) is 11.6 Å². The van der Waals surface area contributed by atoms with Crippen molar-refractivity contribution in [1.29, 1.82) is 0 Å². The second-order valence-electron chi connectivity index (χ2n) is 4.51. The van der Waals surface area contributed by atoms with Crippen molar-refractivity contribution in [3.63, 3.8) is 0 Å². The quantitative estimate of drug-likeness (QED) is 0.809. The van der Waals surface area contributed by atoms with Crippen molar-refractivity contribution < 1.29 is 4.74 Å². The van der Waals surface area contributed by atoms with Crippen molar-refractivity contribution in [2.24, 2.45) is 7.05 Å². The molecule has 84 valence electrons. The van der Waals surface area contributed by atoms with E-state index in [4.69, 9.17) is 4.74 Å². The first-order valence-corrected chi connectivity index (χ1v) is 5.45. The fraction of sp³-hybridized carbons (Fsp3) is 0.727. The molecule has 1 saturated heterocycles. The second kappa shape index (κ2) is 3.94. The summed E-state index contributed by atoms with van der Waals surface area (Å²) in [6.07, 6.45) is 3.32. The molecule has 0 bridgehead atoms. The minimum Gasteiger partial charge on any atom is -0.377 e. The molecule has 15 heavy (non-hydrogen) atoms. The summed E-state index contributed by atoms with van der Waals surface area (Å²) >= 11 is 0. The van der Waals surface area contributed by atoms with Gasteiger partial charge in [-0.25, -0.2) is 0 Å². The Morgan fingerprint density at radius 3 is 3.07 bits per heavy atom. The molecule has 1 aliphatic heterocycles. The number of hydrogen-bond acceptors (Lipinski definition) is 3. The molecule has 4 nitrogen and oxygen atoms in total. The van der Waals surface area contributed by atoms with E-state index in [0.717, 1.165) is 25.3 Å². The van der Waals surface area contributed by atoms with Gasteiger partial charge in [-0.1, -0.05) is 0 Å². The van der Waals surface area contributed by atoms with E-state index < -0.39 is 0 Å². The van der Waals surface area contributed by atoms with E-state index in [0.29, 0.717) is 0 Å². The van der Waals surface area contributed by atoms with Gasteiger partial charge in [0.1, 0.15) is 0 Å². The summed E-state index contributed by atoms with van der Waals surface area (Å²) in [4.78, 5) is 0. The molecule has 2 atom stereocenters. The number of nitrogens with one attached hydrogen (secondary N) is 1. The molecule has 0 saturated carbocycles. The Balaban J connectivity index is 1.92. The fourth-order valence-corrected chi connectivity index (χ4v) is 1.92. The van der Waals surface area contributed by atoms with Crippen LogP contribution in [0.2, 0.25) is 0 Å². The highest BCUT2D eigenvalue weighted by molar-refractivity contribution is 5.01. The number of hydrogen-bond donors (Lipinski definition) is 1. The normalized spacial score (nSPS) is 31.0. The summed E-state index contributed by atoms with van der Waals surface area (Å²) in [7, 11) is 1.94. The van der Waals surface area contributed by atoms with Gasteiger partial charge in [0.05, 0.1) is 11.8 Å². The first kappa shape index (κ1) is 10.6. The van der Waals surface area contributed by atoms with Crippen molar-refractivity contribution in [2.45, 2.75) is 38.5 Å². The molecule has 1 fully saturated rings. The maximum atomic E-state index is 5.57. The molecule has 2 unspecified atom stereocenters. The van der Waals surface area contributed by atoms with Crippen molar-refractivity contribution in [3.05, 3.63) is 18.0 Å². The van der Waals surface area contributed by atoms with Crippen LogP contribution in [0.3, 0.4) is 0 Å². The van der Waals surface area contributed by atoms with E-state index in [2.05, 4.69) is 24.3 Å². The van der Waals surface area contributed by atoms with Gasteiger partial charge in [0.25, 0.3) is 0 Å². The number of ether oxygens (including phenoxy) is 1. The van der Waals surface area contributed by atoms with Crippen LogP contribution in [-0.4, -0.2) is 28.0 Å². The lowest BCUT2D eigenvalue weighted by Gasteiger charge is -2.28. The monoisotopic (exact) mass is 209 g/mol. The van der Waals surface area contributed by atoms with E-state index in [9.17, 15) is 0 Å². The molecule has 0 aromatic carbocycles. The molecule has 4 heteroatoms. The van der Waals surface area contributed by atoms with Crippen LogP contribution in [0.4, 0.5) is 0 Å². The summed E-state index contributed by atoms with van der Waals surface area (Å²) in [5, 5.41) is 7.88. The Morgan fingerprint density at radius 1 is 1.73 bits per heavy atom. The third kappa shape index (κ3) is 2.21. The van der Waals surface area contributed by atoms with Crippen molar-refractivity contribution >= 4 is 0 Å². The SMILES string of the molecule is CC1OCCC1(C)NCc1ccn(C)n1. The second-order valence-corrected chi connectivity index (χ2v) is 4.51. The van der Waals surface area contributed by atoms with Crippen LogP contribution in [0.5, 0.6) is 0 Å². The third-order valence-corrected chi connectivity index (χ3v) is 3.33. The molecule has 1 aromatic rings. The first-order valence-electron chi connectivity index (χ1n) is 5.45. The van der Waals surface area contributed by atoms with E-state index in [1.54, 1.807) is 0 Å². The third-order valence-electron chi connectivity index (χ3n) is 3.33. The van der Waals surface area contributed by atoms with E-state index in [1.165, 1.54) is 0 Å². The molecule has 0 aliphatic carbocycles. The number of aromatic nitrogens is 2. The molecular weight excluding hydrogens is 190 g/mol. The highest BCUT2D eigenvalue weighted by Gasteiger charge is 2.36. The summed E-state index contributed by atoms with van der Waals surface area (Å²) in [6.45, 7) is 6.00. The average molecular weight is 209 g/mol. The van der Waals surface area contributed by atoms with Crippen LogP contribution in [0.1, 0.15) is 26.0 Å². The Bertz CT molecular complexity index is 336. The highest BCUT2D eigenvalue weighted by atomic mass is 16.5. The van der Waals surface area contributed by atoms with Crippen LogP contribution >= 0.6 is 0 Å². The van der Waals surface area contributed by atoms with Crippen LogP contribution < -0.4 is 5.32 Å². The lowest BCUT2D eigenvalue weighted by Crippen LogP contribution is -2.47. The van der Waals surface area contributed by atoms with E-state index in [1.807, 2.05) is 24.0 Å². The highest BCUT2D eigenvalue weighted by Crippen LogP contribution is 2.25. The molecule has 0 amide bonds. The Labute approximate surface area is 90.6 Å². The van der Waals surface area contributed by atoms with Gasteiger partial charge in [-0.05, 0) is 26.3 Å². The molecule has 2 rings (SSSR count). The van der Waals surface area contributed by atoms with Gasteiger partial charge in [0.2, 0.25) is 0 Å². The van der Waals surface area contributed by atoms with E-state index >= 15 is 0 Å². The zero-order chi connectivity index (χ0) is 10.9. The lowest BCUT2D eigenvalue weighted by atomic mass is 9.95. The summed E-state index contributed by atoms with van der Waals surface area (Å²) in [6, 6.07) is 2.04. The van der Waals surface area contributed by atoms with Gasteiger partial charge in [-0.15, -0.1) is 0 Å². The number of nitrogens with zero attached hydrogens (tertiary/aromatic N) is 2. The maximum absolute atomic E-state index is 5.57. The minimum absolute atomic E-state index is 0.0948. The molecule has 0 radical (unpaired) electrons. The fourth-order valence-electron chi connectivity index (χ4n) is 1.92. The maximum Gasteiger partial charge on any atom is 0.0762 e.